The van der Waals surface area contributed by atoms with Crippen LogP contribution in [0.15, 0.2) is 107 Å². The molecule has 11 heteroatoms. The molecule has 2 aliphatic heterocycles. The van der Waals surface area contributed by atoms with Gasteiger partial charge in [-0.3, -0.25) is 9.69 Å². The molecule has 216 valence electrons. The van der Waals surface area contributed by atoms with E-state index < -0.39 is 41.1 Å². The van der Waals surface area contributed by atoms with Gasteiger partial charge >= 0.3 is 12.1 Å². The number of esters is 1. The molecule has 2 atom stereocenters. The van der Waals surface area contributed by atoms with E-state index in [1.54, 1.807) is 50.7 Å². The minimum absolute atomic E-state index is 0.147. The lowest BCUT2D eigenvalue weighted by Crippen LogP contribution is -2.70. The van der Waals surface area contributed by atoms with Gasteiger partial charge in [0.15, 0.2) is 11.3 Å². The highest BCUT2D eigenvalue weighted by Crippen LogP contribution is 2.42. The molecule has 3 aromatic rings. The summed E-state index contributed by atoms with van der Waals surface area (Å²) in [5.41, 5.74) is 1.65. The highest BCUT2D eigenvalue weighted by molar-refractivity contribution is 8.02. The topological polar surface area (TPSA) is 111 Å². The molecular formula is C31H30N4O5S2. The Hall–Kier alpha value is -4.09. The molecule has 2 amide bonds. The number of rotatable bonds is 8. The summed E-state index contributed by atoms with van der Waals surface area (Å²) in [5, 5.41) is 4.52. The van der Waals surface area contributed by atoms with Crippen LogP contribution in [0.3, 0.4) is 0 Å². The fraction of sp³-hybridized carbons (Fsp3) is 0.258. The lowest BCUT2D eigenvalue weighted by atomic mass is 10.0. The molecule has 1 fully saturated rings. The molecule has 1 N–H and O–H groups in total. The van der Waals surface area contributed by atoms with Gasteiger partial charge in [-0.1, -0.05) is 72.4 Å². The summed E-state index contributed by atoms with van der Waals surface area (Å²) in [7, 11) is 0. The van der Waals surface area contributed by atoms with Crippen LogP contribution in [0.4, 0.5) is 4.79 Å². The maximum absolute atomic E-state index is 14.0. The highest BCUT2D eigenvalue weighted by atomic mass is 32.2. The highest BCUT2D eigenvalue weighted by Gasteiger charge is 2.54. The zero-order valence-electron chi connectivity index (χ0n) is 23.3. The van der Waals surface area contributed by atoms with Gasteiger partial charge in [-0.2, -0.15) is 0 Å². The number of carbonyl (C=O) groups is 3. The largest absolute Gasteiger partial charge is 0.448 e. The van der Waals surface area contributed by atoms with E-state index in [9.17, 15) is 14.4 Å². The molecule has 9 nitrogen and oxygen atoms in total. The monoisotopic (exact) mass is 602 g/mol. The number of nitrogens with one attached hydrogen (secondary N) is 1. The Balaban J connectivity index is 1.44. The predicted octanol–water partition coefficient (Wildman–Crippen LogP) is 5.48. The van der Waals surface area contributed by atoms with E-state index in [2.05, 4.69) is 15.3 Å². The molecule has 0 radical (unpaired) electrons. The lowest BCUT2D eigenvalue weighted by Gasteiger charge is -2.49. The number of benzene rings is 2. The van der Waals surface area contributed by atoms with Crippen molar-refractivity contribution in [3.63, 3.8) is 0 Å². The summed E-state index contributed by atoms with van der Waals surface area (Å²) in [6, 6.07) is 19.8. The quantitative estimate of drug-likeness (QED) is 0.155. The zero-order chi connectivity index (χ0) is 29.7. The Bertz CT molecular complexity index is 1450. The third kappa shape index (κ3) is 6.85. The van der Waals surface area contributed by atoms with E-state index in [1.165, 1.54) is 28.4 Å². The summed E-state index contributed by atoms with van der Waals surface area (Å²) in [6.45, 7) is 5.25. The Kier molecular flexibility index (Phi) is 8.98. The number of nitrogens with zero attached hydrogens (tertiary/aromatic N) is 3. The summed E-state index contributed by atoms with van der Waals surface area (Å²) in [5.74, 6) is -0.631. The molecule has 0 spiro atoms. The van der Waals surface area contributed by atoms with Crippen LogP contribution in [-0.4, -0.2) is 55.6 Å². The number of β-lactam (4-membered cyclic amide) rings is 1. The number of thioether (sulfide) groups is 2. The van der Waals surface area contributed by atoms with Crippen LogP contribution in [0.1, 0.15) is 38.0 Å². The summed E-state index contributed by atoms with van der Waals surface area (Å²) >= 11 is 2.74. The average molecular weight is 603 g/mol. The van der Waals surface area contributed by atoms with Gasteiger partial charge in [0.2, 0.25) is 0 Å². The van der Waals surface area contributed by atoms with Gasteiger partial charge < -0.3 is 14.8 Å². The second-order valence-electron chi connectivity index (χ2n) is 10.5. The van der Waals surface area contributed by atoms with Gasteiger partial charge in [-0.25, -0.2) is 19.6 Å². The molecule has 1 aromatic heterocycles. The number of ether oxygens (including phenoxy) is 2. The Morgan fingerprint density at radius 1 is 1.02 bits per heavy atom. The Labute approximate surface area is 252 Å². The smallest absolute Gasteiger partial charge is 0.408 e. The average Bonchev–Trinajstić information content (AvgIpc) is 2.98. The van der Waals surface area contributed by atoms with Gasteiger partial charge in [0.1, 0.15) is 22.7 Å². The van der Waals surface area contributed by atoms with E-state index in [0.717, 1.165) is 11.1 Å². The fourth-order valence-corrected chi connectivity index (χ4v) is 6.38. The van der Waals surface area contributed by atoms with Gasteiger partial charge in [0, 0.05) is 18.1 Å². The van der Waals surface area contributed by atoms with Crippen LogP contribution in [0.2, 0.25) is 0 Å². The van der Waals surface area contributed by atoms with Gasteiger partial charge in [-0.05, 0) is 55.0 Å². The maximum Gasteiger partial charge on any atom is 0.408 e. The summed E-state index contributed by atoms with van der Waals surface area (Å²) in [4.78, 5) is 49.7. The van der Waals surface area contributed by atoms with E-state index >= 15 is 0 Å². The first-order chi connectivity index (χ1) is 20.2. The molecular weight excluding hydrogens is 572 g/mol. The van der Waals surface area contributed by atoms with Crippen molar-refractivity contribution in [3.05, 3.63) is 113 Å². The van der Waals surface area contributed by atoms with Crippen molar-refractivity contribution in [2.24, 2.45) is 0 Å². The molecule has 1 unspecified atom stereocenters. The van der Waals surface area contributed by atoms with Gasteiger partial charge in [-0.15, -0.1) is 11.8 Å². The number of hydrogen-bond donors (Lipinski definition) is 1. The van der Waals surface area contributed by atoms with Crippen molar-refractivity contribution in [2.75, 3.05) is 5.75 Å². The zero-order valence-corrected chi connectivity index (χ0v) is 24.9. The molecule has 1 saturated heterocycles. The molecule has 42 heavy (non-hydrogen) atoms. The predicted molar refractivity (Wildman–Crippen MR) is 161 cm³/mol. The molecule has 0 bridgehead atoms. The fourth-order valence-electron chi connectivity index (χ4n) is 4.46. The Morgan fingerprint density at radius 3 is 2.24 bits per heavy atom. The standard InChI is InChI=1S/C31H30N4O5S2/c1-31(2,3)40-30(38)34-23-26(36)35-24(22(19-42-27(23)35)15-18-41-29-32-16-10-17-33-29)28(37)39-25(20-11-6-4-7-12-20)21-13-8-5-9-14-21/h4-18,23,25,27H,19H2,1-3H3,(H,34,38)/t23?,27-/m0/s1. The second-order valence-corrected chi connectivity index (χ2v) is 12.4. The normalized spacial score (nSPS) is 18.5. The Morgan fingerprint density at radius 2 is 1.64 bits per heavy atom. The van der Waals surface area contributed by atoms with E-state index in [0.29, 0.717) is 16.5 Å². The van der Waals surface area contributed by atoms with Crippen LogP contribution in [-0.2, 0) is 19.1 Å². The van der Waals surface area contributed by atoms with Crippen LogP contribution in [0.5, 0.6) is 0 Å². The SMILES string of the molecule is CC(C)(C)OC(=O)NC1C(=O)N2C(C(=O)OC(c3ccccc3)c3ccccc3)=C(C=CSc3ncccn3)CS[C@@H]12. The maximum atomic E-state index is 14.0. The van der Waals surface area contributed by atoms with Crippen molar-refractivity contribution in [1.82, 2.24) is 20.2 Å². The van der Waals surface area contributed by atoms with E-state index in [4.69, 9.17) is 9.47 Å². The minimum Gasteiger partial charge on any atom is -0.448 e. The van der Waals surface area contributed by atoms with E-state index in [1.807, 2.05) is 60.7 Å². The lowest BCUT2D eigenvalue weighted by molar-refractivity contribution is -0.153. The van der Waals surface area contributed by atoms with Crippen LogP contribution < -0.4 is 5.32 Å². The van der Waals surface area contributed by atoms with Crippen LogP contribution in [0.25, 0.3) is 0 Å². The van der Waals surface area contributed by atoms with Crippen molar-refractivity contribution in [3.8, 4) is 0 Å². The minimum atomic E-state index is -0.829. The third-order valence-corrected chi connectivity index (χ3v) is 8.27. The first kappa shape index (κ1) is 29.4. The second kappa shape index (κ2) is 12.8. The number of alkyl carbamates (subject to hydrolysis) is 1. The number of hydrogen-bond acceptors (Lipinski definition) is 9. The molecule has 3 heterocycles. The van der Waals surface area contributed by atoms with Crippen molar-refractivity contribution < 1.29 is 23.9 Å². The summed E-state index contributed by atoms with van der Waals surface area (Å²) in [6.07, 6.45) is 3.70. The molecule has 0 aliphatic carbocycles. The first-order valence-corrected chi connectivity index (χ1v) is 15.2. The van der Waals surface area contributed by atoms with Crippen LogP contribution in [0, 0.1) is 0 Å². The third-order valence-electron chi connectivity index (χ3n) is 6.28. The van der Waals surface area contributed by atoms with E-state index in [-0.39, 0.29) is 5.70 Å². The number of amides is 2. The van der Waals surface area contributed by atoms with Gasteiger partial charge in [0.25, 0.3) is 5.91 Å². The van der Waals surface area contributed by atoms with Crippen LogP contribution >= 0.6 is 23.5 Å². The van der Waals surface area contributed by atoms with Gasteiger partial charge in [0.05, 0.1) is 0 Å². The first-order valence-electron chi connectivity index (χ1n) is 13.3. The number of fused-ring (bicyclic) bond motifs is 1. The number of carbonyl (C=O) groups excluding carboxylic acids is 3. The molecule has 2 aromatic carbocycles. The van der Waals surface area contributed by atoms with Crippen molar-refractivity contribution >= 4 is 41.5 Å². The van der Waals surface area contributed by atoms with Crippen molar-refractivity contribution in [2.45, 2.75) is 49.0 Å². The molecule has 0 saturated carbocycles. The number of allylic oxidation sites excluding steroid dienone is 1. The molecule has 2 aliphatic rings. The molecule has 5 rings (SSSR count). The summed E-state index contributed by atoms with van der Waals surface area (Å²) < 4.78 is 11.5. The number of aromatic nitrogens is 2. The van der Waals surface area contributed by atoms with Crippen molar-refractivity contribution in [1.29, 1.82) is 0 Å².